The van der Waals surface area contributed by atoms with Gasteiger partial charge in [-0.05, 0) is 20.8 Å². The molecule has 5 heteroatoms. The van der Waals surface area contributed by atoms with Crippen LogP contribution in [0.15, 0.2) is 0 Å². The number of nitrogens with zero attached hydrogens (tertiary/aromatic N) is 2. The van der Waals surface area contributed by atoms with Crippen LogP contribution in [0.5, 0.6) is 0 Å². The van der Waals surface area contributed by atoms with Gasteiger partial charge in [-0.1, -0.05) is 6.92 Å². The number of imidazole rings is 1. The third-order valence-corrected chi connectivity index (χ3v) is 3.46. The van der Waals surface area contributed by atoms with Crippen molar-refractivity contribution in [1.82, 2.24) is 20.2 Å². The Kier molecular flexibility index (Phi) is 4.48. The van der Waals surface area contributed by atoms with Crippen molar-refractivity contribution < 1.29 is 4.79 Å². The molecule has 0 atom stereocenters. The first-order valence-corrected chi connectivity index (χ1v) is 7.49. The first-order chi connectivity index (χ1) is 9.40. The van der Waals surface area contributed by atoms with Crippen molar-refractivity contribution in [3.05, 3.63) is 17.2 Å². The zero-order chi connectivity index (χ0) is 14.8. The van der Waals surface area contributed by atoms with Crippen LogP contribution in [-0.2, 0) is 30.7 Å². The lowest BCUT2D eigenvalue weighted by Gasteiger charge is -2.21. The molecule has 2 heterocycles. The molecular formula is C15H26N4O. The van der Waals surface area contributed by atoms with Crippen LogP contribution in [0.3, 0.4) is 0 Å². The number of aryl methyl sites for hydroxylation is 1. The quantitative estimate of drug-likeness (QED) is 0.875. The first kappa shape index (κ1) is 15.0. The predicted octanol–water partition coefficient (Wildman–Crippen LogP) is 1.40. The van der Waals surface area contributed by atoms with E-state index >= 15 is 0 Å². The van der Waals surface area contributed by atoms with E-state index in [1.807, 2.05) is 20.8 Å². The van der Waals surface area contributed by atoms with Gasteiger partial charge in [-0.25, -0.2) is 4.98 Å². The second kappa shape index (κ2) is 5.95. The average molecular weight is 278 g/mol. The summed E-state index contributed by atoms with van der Waals surface area (Å²) in [4.78, 5) is 16.7. The highest BCUT2D eigenvalue weighted by Gasteiger charge is 2.20. The van der Waals surface area contributed by atoms with E-state index in [0.29, 0.717) is 6.42 Å². The van der Waals surface area contributed by atoms with Gasteiger partial charge >= 0.3 is 0 Å². The molecule has 112 valence electrons. The number of nitrogens with one attached hydrogen (secondary N) is 2. The van der Waals surface area contributed by atoms with E-state index < -0.39 is 0 Å². The summed E-state index contributed by atoms with van der Waals surface area (Å²) < 4.78 is 2.25. The maximum Gasteiger partial charge on any atom is 0.222 e. The summed E-state index contributed by atoms with van der Waals surface area (Å²) in [5, 5.41) is 6.36. The predicted molar refractivity (Wildman–Crippen MR) is 79.5 cm³/mol. The fourth-order valence-corrected chi connectivity index (χ4v) is 2.65. The monoisotopic (exact) mass is 278 g/mol. The summed E-state index contributed by atoms with van der Waals surface area (Å²) in [6, 6.07) is 0. The van der Waals surface area contributed by atoms with Crippen molar-refractivity contribution >= 4 is 5.91 Å². The smallest absolute Gasteiger partial charge is 0.222 e. The van der Waals surface area contributed by atoms with E-state index in [2.05, 4.69) is 22.1 Å². The minimum Gasteiger partial charge on any atom is -0.351 e. The van der Waals surface area contributed by atoms with Gasteiger partial charge in [0.1, 0.15) is 5.82 Å². The molecule has 5 nitrogen and oxygen atoms in total. The molecule has 1 amide bonds. The SMILES string of the molecule is CCc1nc2c(n1CCC(=O)NC(C)(C)C)CCNC2. The molecular weight excluding hydrogens is 252 g/mol. The Balaban J connectivity index is 2.05. The van der Waals surface area contributed by atoms with Gasteiger partial charge in [0.15, 0.2) is 0 Å². The fraction of sp³-hybridized carbons (Fsp3) is 0.733. The van der Waals surface area contributed by atoms with E-state index in [9.17, 15) is 4.79 Å². The second-order valence-electron chi connectivity index (χ2n) is 6.40. The number of hydrogen-bond acceptors (Lipinski definition) is 3. The summed E-state index contributed by atoms with van der Waals surface area (Å²) in [6.45, 7) is 10.7. The first-order valence-electron chi connectivity index (χ1n) is 7.49. The maximum atomic E-state index is 12.0. The van der Waals surface area contributed by atoms with Crippen molar-refractivity contribution in [2.24, 2.45) is 0 Å². The minimum atomic E-state index is -0.164. The molecule has 0 aliphatic carbocycles. The fourth-order valence-electron chi connectivity index (χ4n) is 2.65. The van der Waals surface area contributed by atoms with Crippen molar-refractivity contribution in [3.63, 3.8) is 0 Å². The molecule has 1 aliphatic heterocycles. The number of carbonyl (C=O) groups is 1. The standard InChI is InChI=1S/C15H26N4O/c1-5-13-17-11-10-16-8-6-12(11)19(13)9-7-14(20)18-15(2,3)4/h16H,5-10H2,1-4H3,(H,18,20). The van der Waals surface area contributed by atoms with Crippen LogP contribution in [0.2, 0.25) is 0 Å². The van der Waals surface area contributed by atoms with Crippen molar-refractivity contribution in [2.45, 2.75) is 65.6 Å². The van der Waals surface area contributed by atoms with Gasteiger partial charge in [-0.15, -0.1) is 0 Å². The molecule has 0 saturated carbocycles. The van der Waals surface area contributed by atoms with Crippen LogP contribution >= 0.6 is 0 Å². The van der Waals surface area contributed by atoms with E-state index in [1.165, 1.54) is 5.69 Å². The van der Waals surface area contributed by atoms with Gasteiger partial charge in [0.2, 0.25) is 5.91 Å². The molecule has 0 aromatic carbocycles. The number of fused-ring (bicyclic) bond motifs is 1. The molecule has 0 fully saturated rings. The number of aromatic nitrogens is 2. The van der Waals surface area contributed by atoms with Gasteiger partial charge < -0.3 is 15.2 Å². The molecule has 2 rings (SSSR count). The summed E-state index contributed by atoms with van der Waals surface area (Å²) in [7, 11) is 0. The Morgan fingerprint density at radius 1 is 1.45 bits per heavy atom. The topological polar surface area (TPSA) is 59.0 Å². The summed E-state index contributed by atoms with van der Waals surface area (Å²) in [5.41, 5.74) is 2.30. The molecule has 0 spiro atoms. The normalized spacial score (nSPS) is 15.0. The Labute approximate surface area is 121 Å². The van der Waals surface area contributed by atoms with E-state index in [0.717, 1.165) is 44.0 Å². The number of rotatable bonds is 4. The maximum absolute atomic E-state index is 12.0. The summed E-state index contributed by atoms with van der Waals surface area (Å²) in [6.07, 6.45) is 2.43. The lowest BCUT2D eigenvalue weighted by atomic mass is 10.1. The molecule has 1 aromatic rings. The molecule has 0 unspecified atom stereocenters. The third kappa shape index (κ3) is 3.60. The highest BCUT2D eigenvalue weighted by molar-refractivity contribution is 5.76. The molecule has 0 bridgehead atoms. The van der Waals surface area contributed by atoms with Gasteiger partial charge in [0.05, 0.1) is 5.69 Å². The molecule has 20 heavy (non-hydrogen) atoms. The zero-order valence-electron chi connectivity index (χ0n) is 13.0. The zero-order valence-corrected chi connectivity index (χ0v) is 13.0. The minimum absolute atomic E-state index is 0.107. The Morgan fingerprint density at radius 3 is 2.85 bits per heavy atom. The largest absolute Gasteiger partial charge is 0.351 e. The van der Waals surface area contributed by atoms with Crippen LogP contribution in [0.25, 0.3) is 0 Å². The van der Waals surface area contributed by atoms with Crippen molar-refractivity contribution in [2.75, 3.05) is 6.54 Å². The van der Waals surface area contributed by atoms with Gasteiger partial charge in [-0.2, -0.15) is 0 Å². The van der Waals surface area contributed by atoms with E-state index in [-0.39, 0.29) is 11.4 Å². The highest BCUT2D eigenvalue weighted by Crippen LogP contribution is 2.17. The average Bonchev–Trinajstić information content (AvgIpc) is 2.72. The number of amides is 1. The second-order valence-corrected chi connectivity index (χ2v) is 6.40. The van der Waals surface area contributed by atoms with Gasteiger partial charge in [-0.3, -0.25) is 4.79 Å². The Bertz CT molecular complexity index is 485. The molecule has 2 N–H and O–H groups in total. The molecule has 1 aromatic heterocycles. The Morgan fingerprint density at radius 2 is 2.20 bits per heavy atom. The van der Waals surface area contributed by atoms with E-state index in [1.54, 1.807) is 0 Å². The van der Waals surface area contributed by atoms with Crippen LogP contribution in [0.4, 0.5) is 0 Å². The lowest BCUT2D eigenvalue weighted by Crippen LogP contribution is -2.41. The van der Waals surface area contributed by atoms with Gasteiger partial charge in [0.25, 0.3) is 0 Å². The summed E-state index contributed by atoms with van der Waals surface area (Å²) in [5.74, 6) is 1.21. The molecule has 0 radical (unpaired) electrons. The number of hydrogen-bond donors (Lipinski definition) is 2. The lowest BCUT2D eigenvalue weighted by molar-refractivity contribution is -0.122. The Hall–Kier alpha value is -1.36. The van der Waals surface area contributed by atoms with Gasteiger partial charge in [0, 0.05) is 50.1 Å². The third-order valence-electron chi connectivity index (χ3n) is 3.46. The van der Waals surface area contributed by atoms with E-state index in [4.69, 9.17) is 4.98 Å². The van der Waals surface area contributed by atoms with Crippen LogP contribution in [0, 0.1) is 0 Å². The van der Waals surface area contributed by atoms with Crippen molar-refractivity contribution in [1.29, 1.82) is 0 Å². The molecule has 1 aliphatic rings. The van der Waals surface area contributed by atoms with Crippen LogP contribution in [-0.4, -0.2) is 27.5 Å². The molecule has 0 saturated heterocycles. The van der Waals surface area contributed by atoms with Crippen LogP contribution in [0.1, 0.15) is 51.3 Å². The van der Waals surface area contributed by atoms with Crippen molar-refractivity contribution in [3.8, 4) is 0 Å². The van der Waals surface area contributed by atoms with Crippen LogP contribution < -0.4 is 10.6 Å². The number of carbonyl (C=O) groups excluding carboxylic acids is 1. The highest BCUT2D eigenvalue weighted by atomic mass is 16.1. The summed E-state index contributed by atoms with van der Waals surface area (Å²) >= 11 is 0.